The Morgan fingerprint density at radius 2 is 2.44 bits per heavy atom. The van der Waals surface area contributed by atoms with Crippen LogP contribution in [0.2, 0.25) is 0 Å². The molecule has 0 saturated carbocycles. The second-order valence-electron chi connectivity index (χ2n) is 4.24. The van der Waals surface area contributed by atoms with Crippen molar-refractivity contribution in [1.29, 1.82) is 0 Å². The molecule has 0 radical (unpaired) electrons. The third kappa shape index (κ3) is 1.79. The molecule has 2 aromatic rings. The highest BCUT2D eigenvalue weighted by Gasteiger charge is 2.20. The van der Waals surface area contributed by atoms with E-state index in [1.165, 1.54) is 0 Å². The van der Waals surface area contributed by atoms with E-state index in [9.17, 15) is 5.11 Å². The van der Waals surface area contributed by atoms with Crippen molar-refractivity contribution in [3.8, 4) is 0 Å². The van der Waals surface area contributed by atoms with Crippen LogP contribution in [0, 0.1) is 0 Å². The monoisotopic (exact) mass is 218 g/mol. The van der Waals surface area contributed by atoms with E-state index in [1.54, 1.807) is 6.20 Å². The van der Waals surface area contributed by atoms with Gasteiger partial charge in [0.05, 0.1) is 11.8 Å². The zero-order valence-corrected chi connectivity index (χ0v) is 8.95. The summed E-state index contributed by atoms with van der Waals surface area (Å²) in [5.41, 5.74) is 1.01. The first-order chi connectivity index (χ1) is 7.81. The second-order valence-corrected chi connectivity index (χ2v) is 4.24. The third-order valence-corrected chi connectivity index (χ3v) is 2.92. The van der Waals surface area contributed by atoms with Gasteiger partial charge in [0, 0.05) is 38.2 Å². The van der Waals surface area contributed by atoms with Crippen molar-refractivity contribution in [2.24, 2.45) is 0 Å². The number of aromatic nitrogens is 3. The number of hydrogen-bond donors (Lipinski definition) is 1. The number of rotatable bonds is 2. The largest absolute Gasteiger partial charge is 0.392 e. The Labute approximate surface area is 93.4 Å². The van der Waals surface area contributed by atoms with Crippen LogP contribution >= 0.6 is 0 Å². The first-order valence-corrected chi connectivity index (χ1v) is 5.50. The Kier molecular flexibility index (Phi) is 2.34. The molecule has 16 heavy (non-hydrogen) atoms. The number of β-amino-alcohol motifs (C(OH)–C–C–N with tert-alkyl or cyclic N) is 1. The molecule has 1 fully saturated rings. The van der Waals surface area contributed by atoms with E-state index in [-0.39, 0.29) is 6.10 Å². The van der Waals surface area contributed by atoms with Gasteiger partial charge in [0.15, 0.2) is 0 Å². The average Bonchev–Trinajstić information content (AvgIpc) is 2.84. The molecule has 5 nitrogen and oxygen atoms in total. The standard InChI is InChI=1S/C11H14N4O/c16-10-2-5-14(8-10)6-9-7-15-4-1-3-12-11(15)13-9/h1,3-4,7,10,16H,2,5-6,8H2/t10-/m0/s1. The average molecular weight is 218 g/mol. The molecule has 0 unspecified atom stereocenters. The van der Waals surface area contributed by atoms with Crippen LogP contribution in [0.4, 0.5) is 0 Å². The lowest BCUT2D eigenvalue weighted by molar-refractivity contribution is 0.174. The van der Waals surface area contributed by atoms with Crippen LogP contribution in [0.1, 0.15) is 12.1 Å². The smallest absolute Gasteiger partial charge is 0.233 e. The SMILES string of the molecule is O[C@H]1CCN(Cc2cn3cccnc3n2)C1. The van der Waals surface area contributed by atoms with Crippen LogP contribution in [0.25, 0.3) is 5.78 Å². The van der Waals surface area contributed by atoms with Gasteiger partial charge < -0.3 is 5.11 Å². The van der Waals surface area contributed by atoms with Gasteiger partial charge in [-0.1, -0.05) is 0 Å². The summed E-state index contributed by atoms with van der Waals surface area (Å²) >= 11 is 0. The molecule has 0 amide bonds. The fourth-order valence-corrected chi connectivity index (χ4v) is 2.14. The molecular weight excluding hydrogens is 204 g/mol. The summed E-state index contributed by atoms with van der Waals surface area (Å²) in [6.07, 6.45) is 6.37. The first-order valence-electron chi connectivity index (χ1n) is 5.50. The maximum Gasteiger partial charge on any atom is 0.233 e. The zero-order valence-electron chi connectivity index (χ0n) is 8.95. The van der Waals surface area contributed by atoms with E-state index in [4.69, 9.17) is 0 Å². The molecule has 5 heteroatoms. The molecule has 1 atom stereocenters. The number of hydrogen-bond acceptors (Lipinski definition) is 4. The quantitative estimate of drug-likeness (QED) is 0.787. The van der Waals surface area contributed by atoms with Crippen molar-refractivity contribution in [2.45, 2.75) is 19.1 Å². The predicted molar refractivity (Wildman–Crippen MR) is 58.9 cm³/mol. The molecule has 0 bridgehead atoms. The Morgan fingerprint density at radius 3 is 3.19 bits per heavy atom. The van der Waals surface area contributed by atoms with Gasteiger partial charge in [0.1, 0.15) is 0 Å². The first kappa shape index (κ1) is 9.74. The molecule has 1 aliphatic heterocycles. The molecule has 3 heterocycles. The van der Waals surface area contributed by atoms with Crippen LogP contribution in [-0.4, -0.2) is 43.6 Å². The van der Waals surface area contributed by atoms with Crippen LogP contribution < -0.4 is 0 Å². The summed E-state index contributed by atoms with van der Waals surface area (Å²) in [4.78, 5) is 10.8. The van der Waals surface area contributed by atoms with Gasteiger partial charge >= 0.3 is 0 Å². The molecule has 0 aromatic carbocycles. The van der Waals surface area contributed by atoms with Gasteiger partial charge in [-0.15, -0.1) is 0 Å². The number of fused-ring (bicyclic) bond motifs is 1. The Morgan fingerprint density at radius 1 is 1.50 bits per heavy atom. The molecule has 0 aliphatic carbocycles. The van der Waals surface area contributed by atoms with Gasteiger partial charge in [0.25, 0.3) is 0 Å². The van der Waals surface area contributed by atoms with E-state index in [0.717, 1.165) is 37.5 Å². The maximum absolute atomic E-state index is 9.44. The van der Waals surface area contributed by atoms with Crippen LogP contribution in [0.5, 0.6) is 0 Å². The number of aliphatic hydroxyl groups excluding tert-OH is 1. The van der Waals surface area contributed by atoms with Crippen molar-refractivity contribution in [2.75, 3.05) is 13.1 Å². The highest BCUT2D eigenvalue weighted by molar-refractivity contribution is 5.29. The third-order valence-electron chi connectivity index (χ3n) is 2.92. The highest BCUT2D eigenvalue weighted by Crippen LogP contribution is 2.12. The minimum absolute atomic E-state index is 0.171. The summed E-state index contributed by atoms with van der Waals surface area (Å²) < 4.78 is 1.92. The second kappa shape index (κ2) is 3.84. The topological polar surface area (TPSA) is 53.7 Å². The lowest BCUT2D eigenvalue weighted by Gasteiger charge is -2.12. The van der Waals surface area contributed by atoms with E-state index < -0.39 is 0 Å². The Hall–Kier alpha value is -1.46. The fraction of sp³-hybridized carbons (Fsp3) is 0.455. The molecule has 0 spiro atoms. The molecular formula is C11H14N4O. The summed E-state index contributed by atoms with van der Waals surface area (Å²) in [6, 6.07) is 1.89. The van der Waals surface area contributed by atoms with Crippen molar-refractivity contribution < 1.29 is 5.11 Å². The van der Waals surface area contributed by atoms with Gasteiger partial charge in [-0.25, -0.2) is 9.97 Å². The van der Waals surface area contributed by atoms with Crippen LogP contribution in [0.15, 0.2) is 24.7 Å². The van der Waals surface area contributed by atoms with Crippen molar-refractivity contribution in [1.82, 2.24) is 19.3 Å². The summed E-state index contributed by atoms with van der Waals surface area (Å²) in [5.74, 6) is 0.734. The number of nitrogens with zero attached hydrogens (tertiary/aromatic N) is 4. The Bertz CT molecular complexity index is 462. The molecule has 2 aromatic heterocycles. The van der Waals surface area contributed by atoms with Crippen LogP contribution in [-0.2, 0) is 6.54 Å². The minimum Gasteiger partial charge on any atom is -0.392 e. The van der Waals surface area contributed by atoms with Crippen molar-refractivity contribution in [3.05, 3.63) is 30.4 Å². The molecule has 3 rings (SSSR count). The molecule has 1 N–H and O–H groups in total. The van der Waals surface area contributed by atoms with Crippen molar-refractivity contribution in [3.63, 3.8) is 0 Å². The maximum atomic E-state index is 9.44. The van der Waals surface area contributed by atoms with Crippen LogP contribution in [0.3, 0.4) is 0 Å². The van der Waals surface area contributed by atoms with E-state index in [2.05, 4.69) is 14.9 Å². The Balaban J connectivity index is 1.79. The fourth-order valence-electron chi connectivity index (χ4n) is 2.14. The van der Waals surface area contributed by atoms with E-state index in [1.807, 2.05) is 22.9 Å². The number of likely N-dealkylation sites (tertiary alicyclic amines) is 1. The minimum atomic E-state index is -0.171. The van der Waals surface area contributed by atoms with Gasteiger partial charge in [-0.05, 0) is 12.5 Å². The summed E-state index contributed by atoms with van der Waals surface area (Å²) in [5, 5.41) is 9.44. The van der Waals surface area contributed by atoms with Crippen molar-refractivity contribution >= 4 is 5.78 Å². The number of aliphatic hydroxyl groups is 1. The van der Waals surface area contributed by atoms with Gasteiger partial charge in [-0.3, -0.25) is 9.30 Å². The zero-order chi connectivity index (χ0) is 11.0. The lowest BCUT2D eigenvalue weighted by Crippen LogP contribution is -2.21. The molecule has 1 aliphatic rings. The lowest BCUT2D eigenvalue weighted by atomic mass is 10.3. The molecule has 1 saturated heterocycles. The predicted octanol–water partition coefficient (Wildman–Crippen LogP) is 0.296. The van der Waals surface area contributed by atoms with E-state index in [0.29, 0.717) is 0 Å². The normalized spacial score (nSPS) is 21.9. The highest BCUT2D eigenvalue weighted by atomic mass is 16.3. The summed E-state index contributed by atoms with van der Waals surface area (Å²) in [7, 11) is 0. The van der Waals surface area contributed by atoms with Gasteiger partial charge in [0.2, 0.25) is 5.78 Å². The number of imidazole rings is 1. The van der Waals surface area contributed by atoms with E-state index >= 15 is 0 Å². The molecule has 84 valence electrons. The summed E-state index contributed by atoms with van der Waals surface area (Å²) in [6.45, 7) is 2.49. The van der Waals surface area contributed by atoms with Gasteiger partial charge in [-0.2, -0.15) is 0 Å².